The van der Waals surface area contributed by atoms with E-state index >= 15 is 0 Å². The van der Waals surface area contributed by atoms with Crippen molar-refractivity contribution >= 4 is 121 Å². The number of rotatable bonds is 6. The lowest BCUT2D eigenvalue weighted by Gasteiger charge is -2.42. The van der Waals surface area contributed by atoms with Gasteiger partial charge in [-0.25, -0.2) is 0 Å². The van der Waals surface area contributed by atoms with Crippen LogP contribution in [0.25, 0.3) is 126 Å². The molecule has 0 amide bonds. The Morgan fingerprint density at radius 2 is 1.21 bits per heavy atom. The third kappa shape index (κ3) is 7.71. The largest absolute Gasteiger partial charge is 0.456 e. The Morgan fingerprint density at radius 1 is 0.462 bits per heavy atom. The molecule has 0 N–H and O–H groups in total. The van der Waals surface area contributed by atoms with Crippen LogP contribution in [0.15, 0.2) is 294 Å². The normalized spacial score (nSPS) is 15.0. The van der Waals surface area contributed by atoms with Gasteiger partial charge in [0.25, 0.3) is 0 Å². The highest BCUT2D eigenvalue weighted by Gasteiger charge is 2.37. The Balaban J connectivity index is 0.990. The predicted molar refractivity (Wildman–Crippen MR) is 378 cm³/mol. The van der Waals surface area contributed by atoms with Gasteiger partial charge in [-0.05, 0) is 145 Å². The Hall–Kier alpha value is -11.9. The van der Waals surface area contributed by atoms with Crippen LogP contribution in [0.3, 0.4) is 0 Å². The number of anilines is 5. The fraction of sp³-hybridized carbons (Fsp3) is 0.0471. The molecule has 1 unspecified atom stereocenters. The van der Waals surface area contributed by atoms with Crippen LogP contribution < -0.4 is 14.7 Å². The molecule has 1 atom stereocenters. The zero-order valence-corrected chi connectivity index (χ0v) is 49.7. The van der Waals surface area contributed by atoms with E-state index in [0.717, 1.165) is 123 Å². The first-order valence-electron chi connectivity index (χ1n) is 31.3. The van der Waals surface area contributed by atoms with E-state index in [9.17, 15) is 5.26 Å². The van der Waals surface area contributed by atoms with E-state index < -0.39 is 0 Å². The maximum absolute atomic E-state index is 10.7. The molecule has 6 heteroatoms. The Labute approximate surface area is 524 Å². The number of nitriles is 1. The van der Waals surface area contributed by atoms with Crippen LogP contribution >= 0.6 is 0 Å². The molecule has 13 aromatic carbocycles. The first-order chi connectivity index (χ1) is 45.0. The van der Waals surface area contributed by atoms with Gasteiger partial charge in [0.15, 0.2) is 0 Å². The molecule has 91 heavy (non-hydrogen) atoms. The first-order valence-corrected chi connectivity index (χ1v) is 31.3. The Kier molecular flexibility index (Phi) is 11.1. The third-order valence-electron chi connectivity index (χ3n) is 19.5. The van der Waals surface area contributed by atoms with E-state index in [1.807, 2.05) is 18.2 Å². The van der Waals surface area contributed by atoms with Crippen LogP contribution in [0, 0.1) is 18.3 Å². The van der Waals surface area contributed by atoms with Gasteiger partial charge < -0.3 is 23.5 Å². The van der Waals surface area contributed by atoms with Gasteiger partial charge in [0.1, 0.15) is 22.3 Å². The standard InChI is InChI=1S/C85H54N4O2/c1-51-30-37-60-58(42-51)50-88(71-27-13-10-24-63(60)71)74-48-78-82(66-38-36-59(45-77(66)90-78)87-40-16-3-17-41-87)83-69(74)47-75(68-46-67(55-34-32-54(33-35-55)53-18-4-2-5-19-53)81-70-43-52(49-86)31-39-76(70)91-85(81)84(68)83)89-72-28-14-11-25-64(72)80(65-26-12-15-29-73(65)89)79-61-22-8-6-20-56(61)44-57-21-7-9-23-62(57)79/h2-40,42-48,72H,41,50H2,1H3. The number of furan rings is 2. The minimum Gasteiger partial charge on any atom is -0.456 e. The minimum absolute atomic E-state index is 0.254. The molecule has 0 fully saturated rings. The van der Waals surface area contributed by atoms with E-state index in [2.05, 4.69) is 289 Å². The van der Waals surface area contributed by atoms with E-state index in [1.54, 1.807) is 0 Å². The van der Waals surface area contributed by atoms with Crippen molar-refractivity contribution in [1.82, 2.24) is 0 Å². The number of para-hydroxylation sites is 2. The molecular formula is C85H54N4O2. The summed E-state index contributed by atoms with van der Waals surface area (Å²) in [5, 5.41) is 23.4. The van der Waals surface area contributed by atoms with Crippen LogP contribution in [0.2, 0.25) is 0 Å². The van der Waals surface area contributed by atoms with E-state index in [1.165, 1.54) is 60.5 Å². The molecular weight excluding hydrogens is 1110 g/mol. The second-order valence-corrected chi connectivity index (χ2v) is 24.6. The monoisotopic (exact) mass is 1160 g/mol. The topological polar surface area (TPSA) is 59.8 Å². The second-order valence-electron chi connectivity index (χ2n) is 24.6. The van der Waals surface area contributed by atoms with Gasteiger partial charge in [-0.2, -0.15) is 5.26 Å². The first kappa shape index (κ1) is 51.2. The molecule has 0 saturated heterocycles. The summed E-state index contributed by atoms with van der Waals surface area (Å²) in [6.45, 7) is 3.58. The van der Waals surface area contributed by atoms with Crippen molar-refractivity contribution in [2.75, 3.05) is 21.2 Å². The highest BCUT2D eigenvalue weighted by atomic mass is 16.3. The van der Waals surface area contributed by atoms with Gasteiger partial charge in [-0.1, -0.05) is 200 Å². The van der Waals surface area contributed by atoms with Crippen molar-refractivity contribution < 1.29 is 8.83 Å². The van der Waals surface area contributed by atoms with Crippen LogP contribution in [0.5, 0.6) is 0 Å². The molecule has 19 rings (SSSR count). The fourth-order valence-corrected chi connectivity index (χ4v) is 15.5. The maximum Gasteiger partial charge on any atom is 0.144 e. The lowest BCUT2D eigenvalue weighted by molar-refractivity contribution is 0.669. The summed E-state index contributed by atoms with van der Waals surface area (Å²) in [4.78, 5) is 7.40. The molecule has 0 saturated carbocycles. The number of hydrogen-bond acceptors (Lipinski definition) is 6. The van der Waals surface area contributed by atoms with Gasteiger partial charge in [-0.15, -0.1) is 0 Å². The molecule has 4 aliphatic rings. The molecule has 0 spiro atoms. The smallest absolute Gasteiger partial charge is 0.144 e. The number of aryl methyl sites for hydroxylation is 1. The van der Waals surface area contributed by atoms with Crippen molar-refractivity contribution in [3.05, 3.63) is 313 Å². The lowest BCUT2D eigenvalue weighted by Crippen LogP contribution is -2.36. The molecule has 15 aromatic rings. The summed E-state index contributed by atoms with van der Waals surface area (Å²) >= 11 is 0. The molecule has 426 valence electrons. The van der Waals surface area contributed by atoms with Gasteiger partial charge >= 0.3 is 0 Å². The summed E-state index contributed by atoms with van der Waals surface area (Å²) in [5.41, 5.74) is 23.0. The molecule has 2 aromatic heterocycles. The van der Waals surface area contributed by atoms with Crippen LogP contribution in [-0.2, 0) is 6.54 Å². The average Bonchev–Trinajstić information content (AvgIpc) is 1.69. The van der Waals surface area contributed by atoms with Crippen molar-refractivity contribution in [3.8, 4) is 39.4 Å². The third-order valence-corrected chi connectivity index (χ3v) is 19.5. The summed E-state index contributed by atoms with van der Waals surface area (Å²) < 4.78 is 15.0. The highest BCUT2D eigenvalue weighted by molar-refractivity contribution is 6.38. The number of allylic oxidation sites excluding steroid dienone is 4. The number of benzene rings is 13. The zero-order valence-electron chi connectivity index (χ0n) is 49.7. The summed E-state index contributed by atoms with van der Waals surface area (Å²) in [7, 11) is 0. The zero-order chi connectivity index (χ0) is 60.0. The highest BCUT2D eigenvalue weighted by Crippen LogP contribution is 2.57. The number of nitrogens with zero attached hydrogens (tertiary/aromatic N) is 4. The molecule has 0 radical (unpaired) electrons. The Morgan fingerprint density at radius 3 is 2.02 bits per heavy atom. The van der Waals surface area contributed by atoms with Gasteiger partial charge in [0, 0.05) is 103 Å². The maximum atomic E-state index is 10.7. The summed E-state index contributed by atoms with van der Waals surface area (Å²) in [6, 6.07) is 86.5. The van der Waals surface area contributed by atoms with Crippen molar-refractivity contribution in [3.63, 3.8) is 0 Å². The summed E-state index contributed by atoms with van der Waals surface area (Å²) in [5.74, 6) is 0. The average molecular weight is 1160 g/mol. The van der Waals surface area contributed by atoms with Crippen LogP contribution in [0.1, 0.15) is 27.8 Å². The molecule has 5 heterocycles. The van der Waals surface area contributed by atoms with Crippen LogP contribution in [-0.4, -0.2) is 12.6 Å². The van der Waals surface area contributed by atoms with Crippen molar-refractivity contribution in [1.29, 1.82) is 5.26 Å². The molecule has 1 aliphatic carbocycles. The number of fused-ring (bicyclic) bond motifs is 18. The number of hydrogen-bond donors (Lipinski definition) is 0. The SMILES string of the molecule is Cc1ccc2c(c1)CN(c1cc3oc4cc(N5C=CC=CC5)ccc4c3c3c1cc(N1c4ccccc4C(c4c5ccccc5cc5ccccc45)=C4C=CC=CC41)c1cc(-c4ccc(-c5ccccc5)cc4)c4c5cc(C#N)ccc5oc4c13)c1ccccc1-2. The van der Waals surface area contributed by atoms with E-state index in [-0.39, 0.29) is 6.04 Å². The quantitative estimate of drug-likeness (QED) is 0.122. The molecule has 3 aliphatic heterocycles. The van der Waals surface area contributed by atoms with E-state index in [4.69, 9.17) is 8.83 Å². The molecule has 6 nitrogen and oxygen atoms in total. The minimum atomic E-state index is -0.254. The van der Waals surface area contributed by atoms with Crippen LogP contribution in [0.4, 0.5) is 28.4 Å². The van der Waals surface area contributed by atoms with Crippen molar-refractivity contribution in [2.45, 2.75) is 19.5 Å². The predicted octanol–water partition coefficient (Wildman–Crippen LogP) is 22.3. The van der Waals surface area contributed by atoms with Gasteiger partial charge in [0.05, 0.1) is 29.0 Å². The van der Waals surface area contributed by atoms with Crippen molar-refractivity contribution in [2.24, 2.45) is 0 Å². The summed E-state index contributed by atoms with van der Waals surface area (Å²) in [6.07, 6.45) is 17.7. The Bertz CT molecular complexity index is 5830. The van der Waals surface area contributed by atoms with Gasteiger partial charge in [0.2, 0.25) is 0 Å². The van der Waals surface area contributed by atoms with E-state index in [0.29, 0.717) is 17.7 Å². The second kappa shape index (κ2) is 19.8. The molecule has 0 bridgehead atoms. The van der Waals surface area contributed by atoms with Gasteiger partial charge in [-0.3, -0.25) is 0 Å². The lowest BCUT2D eigenvalue weighted by atomic mass is 9.79. The fourth-order valence-electron chi connectivity index (χ4n) is 15.5.